The summed E-state index contributed by atoms with van der Waals surface area (Å²) in [7, 11) is 0. The van der Waals surface area contributed by atoms with Gasteiger partial charge in [0.15, 0.2) is 0 Å². The first kappa shape index (κ1) is 13.8. The van der Waals surface area contributed by atoms with Crippen molar-refractivity contribution in [2.45, 2.75) is 6.42 Å². The van der Waals surface area contributed by atoms with E-state index < -0.39 is 0 Å². The van der Waals surface area contributed by atoms with E-state index >= 15 is 0 Å². The average Bonchev–Trinajstić information content (AvgIpc) is 2.81. The Morgan fingerprint density at radius 3 is 2.89 bits per heavy atom. The van der Waals surface area contributed by atoms with E-state index in [9.17, 15) is 4.79 Å². The summed E-state index contributed by atoms with van der Waals surface area (Å²) in [6.07, 6.45) is 0.910. The zero-order valence-corrected chi connectivity index (χ0v) is 11.7. The number of nitrogens with one attached hydrogen (secondary N) is 1. The number of ether oxygens (including phenoxy) is 1. The van der Waals surface area contributed by atoms with Crippen molar-refractivity contribution in [3.05, 3.63) is 21.3 Å². The predicted molar refractivity (Wildman–Crippen MR) is 73.3 cm³/mol. The number of halogens is 1. The van der Waals surface area contributed by atoms with Crippen molar-refractivity contribution in [1.82, 2.24) is 10.2 Å². The minimum Gasteiger partial charge on any atom is -0.378 e. The zero-order chi connectivity index (χ0) is 12.8. The third-order valence-corrected chi connectivity index (χ3v) is 4.11. The fraction of sp³-hybridized carbons (Fsp3) is 0.583. The first-order valence-electron chi connectivity index (χ1n) is 6.06. The molecule has 1 aromatic heterocycles. The second-order valence-electron chi connectivity index (χ2n) is 4.13. The molecule has 0 spiro atoms. The number of carbonyl (C=O) groups excluding carboxylic acids is 1. The summed E-state index contributed by atoms with van der Waals surface area (Å²) < 4.78 is 6.02. The van der Waals surface area contributed by atoms with E-state index in [-0.39, 0.29) is 5.91 Å². The molecule has 1 saturated heterocycles. The number of hydrogen-bond acceptors (Lipinski definition) is 4. The standard InChI is InChI=1S/C12H17ClN2O2S/c13-11-2-1-10(18-11)3-4-14-9-12(16)15-5-7-17-8-6-15/h1-2,14H,3-9H2. The van der Waals surface area contributed by atoms with E-state index in [1.165, 1.54) is 4.88 Å². The minimum absolute atomic E-state index is 0.155. The minimum atomic E-state index is 0.155. The summed E-state index contributed by atoms with van der Waals surface area (Å²) in [5.74, 6) is 0.155. The first-order chi connectivity index (χ1) is 8.75. The lowest BCUT2D eigenvalue weighted by molar-refractivity contribution is -0.134. The Balaban J connectivity index is 1.61. The van der Waals surface area contributed by atoms with Gasteiger partial charge in [-0.25, -0.2) is 0 Å². The second-order valence-corrected chi connectivity index (χ2v) is 5.93. The molecule has 0 bridgehead atoms. The lowest BCUT2D eigenvalue weighted by Crippen LogP contribution is -2.44. The number of rotatable bonds is 5. The highest BCUT2D eigenvalue weighted by Gasteiger charge is 2.15. The van der Waals surface area contributed by atoms with Gasteiger partial charge in [-0.15, -0.1) is 11.3 Å². The van der Waals surface area contributed by atoms with Crippen LogP contribution in [0.1, 0.15) is 4.88 Å². The van der Waals surface area contributed by atoms with Gasteiger partial charge in [-0.2, -0.15) is 0 Å². The highest BCUT2D eigenvalue weighted by Crippen LogP contribution is 2.21. The molecule has 1 aliphatic rings. The maximum absolute atomic E-state index is 11.8. The molecular formula is C12H17ClN2O2S. The molecule has 0 aliphatic carbocycles. The van der Waals surface area contributed by atoms with Crippen LogP contribution in [0.25, 0.3) is 0 Å². The summed E-state index contributed by atoms with van der Waals surface area (Å²) in [6.45, 7) is 3.92. The van der Waals surface area contributed by atoms with Crippen LogP contribution in [0, 0.1) is 0 Å². The van der Waals surface area contributed by atoms with Crippen molar-refractivity contribution < 1.29 is 9.53 Å². The zero-order valence-electron chi connectivity index (χ0n) is 10.2. The van der Waals surface area contributed by atoms with Crippen molar-refractivity contribution in [3.8, 4) is 0 Å². The topological polar surface area (TPSA) is 41.6 Å². The van der Waals surface area contributed by atoms with Crippen LogP contribution >= 0.6 is 22.9 Å². The largest absolute Gasteiger partial charge is 0.378 e. The van der Waals surface area contributed by atoms with Gasteiger partial charge in [0.1, 0.15) is 0 Å². The van der Waals surface area contributed by atoms with Crippen LogP contribution in [0.2, 0.25) is 4.34 Å². The van der Waals surface area contributed by atoms with Gasteiger partial charge in [-0.3, -0.25) is 4.79 Å². The van der Waals surface area contributed by atoms with Crippen LogP contribution in [0.15, 0.2) is 12.1 Å². The number of carbonyl (C=O) groups is 1. The molecule has 0 aromatic carbocycles. The van der Waals surface area contributed by atoms with Crippen molar-refractivity contribution in [3.63, 3.8) is 0 Å². The fourth-order valence-corrected chi connectivity index (χ4v) is 2.90. The highest BCUT2D eigenvalue weighted by atomic mass is 35.5. The molecule has 18 heavy (non-hydrogen) atoms. The number of nitrogens with zero attached hydrogens (tertiary/aromatic N) is 1. The molecular weight excluding hydrogens is 272 g/mol. The molecule has 1 aromatic rings. The molecule has 6 heteroatoms. The van der Waals surface area contributed by atoms with Gasteiger partial charge in [0.25, 0.3) is 0 Å². The van der Waals surface area contributed by atoms with Gasteiger partial charge in [-0.1, -0.05) is 11.6 Å². The van der Waals surface area contributed by atoms with Gasteiger partial charge < -0.3 is 15.0 Å². The van der Waals surface area contributed by atoms with Crippen LogP contribution in [0.3, 0.4) is 0 Å². The summed E-state index contributed by atoms with van der Waals surface area (Å²) >= 11 is 7.44. The van der Waals surface area contributed by atoms with Gasteiger partial charge in [0.2, 0.25) is 5.91 Å². The van der Waals surface area contributed by atoms with Crippen molar-refractivity contribution in [2.75, 3.05) is 39.4 Å². The third kappa shape index (κ3) is 4.24. The Kier molecular flexibility index (Phi) is 5.44. The molecule has 1 amide bonds. The fourth-order valence-electron chi connectivity index (χ4n) is 1.82. The molecule has 2 rings (SSSR count). The van der Waals surface area contributed by atoms with E-state index in [1.807, 2.05) is 17.0 Å². The molecule has 2 heterocycles. The summed E-state index contributed by atoms with van der Waals surface area (Å²) in [4.78, 5) is 14.9. The molecule has 0 saturated carbocycles. The van der Waals surface area contributed by atoms with Crippen LogP contribution in [-0.4, -0.2) is 50.2 Å². The first-order valence-corrected chi connectivity index (χ1v) is 7.25. The van der Waals surface area contributed by atoms with Crippen molar-refractivity contribution in [1.29, 1.82) is 0 Å². The number of hydrogen-bond donors (Lipinski definition) is 1. The average molecular weight is 289 g/mol. The van der Waals surface area contributed by atoms with E-state index in [0.29, 0.717) is 32.8 Å². The quantitative estimate of drug-likeness (QED) is 0.833. The maximum Gasteiger partial charge on any atom is 0.236 e. The Labute approximate surface area is 116 Å². The molecule has 4 nitrogen and oxygen atoms in total. The molecule has 1 aliphatic heterocycles. The van der Waals surface area contributed by atoms with Gasteiger partial charge in [0.05, 0.1) is 24.1 Å². The Morgan fingerprint density at radius 2 is 2.22 bits per heavy atom. The monoisotopic (exact) mass is 288 g/mol. The maximum atomic E-state index is 11.8. The summed E-state index contributed by atoms with van der Waals surface area (Å²) in [5.41, 5.74) is 0. The van der Waals surface area contributed by atoms with Gasteiger partial charge in [0, 0.05) is 24.5 Å². The molecule has 0 unspecified atom stereocenters. The van der Waals surface area contributed by atoms with E-state index in [4.69, 9.17) is 16.3 Å². The summed E-state index contributed by atoms with van der Waals surface area (Å²) in [5, 5.41) is 3.17. The molecule has 0 atom stereocenters. The van der Waals surface area contributed by atoms with E-state index in [1.54, 1.807) is 11.3 Å². The van der Waals surface area contributed by atoms with E-state index in [2.05, 4.69) is 5.32 Å². The Morgan fingerprint density at radius 1 is 1.44 bits per heavy atom. The molecule has 0 radical (unpaired) electrons. The highest BCUT2D eigenvalue weighted by molar-refractivity contribution is 7.16. The third-order valence-electron chi connectivity index (χ3n) is 2.82. The van der Waals surface area contributed by atoms with Crippen LogP contribution in [-0.2, 0) is 16.0 Å². The molecule has 1 fully saturated rings. The number of amides is 1. The number of morpholine rings is 1. The smallest absolute Gasteiger partial charge is 0.236 e. The predicted octanol–water partition coefficient (Wildman–Crippen LogP) is 1.39. The van der Waals surface area contributed by atoms with Crippen molar-refractivity contribution >= 4 is 28.8 Å². The normalized spacial score (nSPS) is 15.9. The van der Waals surface area contributed by atoms with Gasteiger partial charge >= 0.3 is 0 Å². The van der Waals surface area contributed by atoms with Crippen molar-refractivity contribution in [2.24, 2.45) is 0 Å². The van der Waals surface area contributed by atoms with E-state index in [0.717, 1.165) is 17.3 Å². The molecule has 1 N–H and O–H groups in total. The Hall–Kier alpha value is -0.620. The number of thiophene rings is 1. The van der Waals surface area contributed by atoms with Gasteiger partial charge in [-0.05, 0) is 18.6 Å². The molecule has 100 valence electrons. The lowest BCUT2D eigenvalue weighted by atomic mass is 10.3. The van der Waals surface area contributed by atoms with Crippen LogP contribution in [0.4, 0.5) is 0 Å². The SMILES string of the molecule is O=C(CNCCc1ccc(Cl)s1)N1CCOCC1. The Bertz CT molecular complexity index is 391. The second kappa shape index (κ2) is 7.09. The van der Waals surface area contributed by atoms with Crippen LogP contribution < -0.4 is 5.32 Å². The lowest BCUT2D eigenvalue weighted by Gasteiger charge is -2.26. The van der Waals surface area contributed by atoms with Crippen LogP contribution in [0.5, 0.6) is 0 Å². The summed E-state index contributed by atoms with van der Waals surface area (Å²) in [6, 6.07) is 3.93.